The highest BCUT2D eigenvalue weighted by atomic mass is 19.1. The Morgan fingerprint density at radius 2 is 2.35 bits per heavy atom. The second-order valence-corrected chi connectivity index (χ2v) is 5.55. The molecule has 1 aromatic carbocycles. The number of ether oxygens (including phenoxy) is 1. The van der Waals surface area contributed by atoms with E-state index in [4.69, 9.17) is 10.00 Å². The summed E-state index contributed by atoms with van der Waals surface area (Å²) in [5.74, 6) is -0.147. The van der Waals surface area contributed by atoms with Crippen LogP contribution in [0.2, 0.25) is 0 Å². The molecule has 1 aliphatic rings. The standard InChI is InChI=1S/C15H14FN3O/c1-15(2)7-11-10(9-19-5-3-4-18-19)6-13(16)12(8-17)14(11)20-15/h3-6H,7,9H2,1-2H3. The van der Waals surface area contributed by atoms with E-state index in [0.29, 0.717) is 18.7 Å². The second kappa shape index (κ2) is 4.34. The third-order valence-corrected chi connectivity index (χ3v) is 3.41. The number of rotatable bonds is 2. The van der Waals surface area contributed by atoms with Crippen molar-refractivity contribution in [2.24, 2.45) is 0 Å². The van der Waals surface area contributed by atoms with E-state index in [1.165, 1.54) is 6.07 Å². The summed E-state index contributed by atoms with van der Waals surface area (Å²) < 4.78 is 21.5. The Kier molecular flexibility index (Phi) is 2.75. The molecule has 1 aliphatic heterocycles. The van der Waals surface area contributed by atoms with Crippen molar-refractivity contribution >= 4 is 0 Å². The summed E-state index contributed by atoms with van der Waals surface area (Å²) in [4.78, 5) is 0. The first kappa shape index (κ1) is 12.7. The number of aromatic nitrogens is 2. The van der Waals surface area contributed by atoms with Crippen molar-refractivity contribution < 1.29 is 9.13 Å². The zero-order valence-corrected chi connectivity index (χ0v) is 11.4. The minimum atomic E-state index is -0.536. The molecule has 5 heteroatoms. The molecule has 3 rings (SSSR count). The lowest BCUT2D eigenvalue weighted by Gasteiger charge is -2.17. The fourth-order valence-corrected chi connectivity index (χ4v) is 2.58. The third kappa shape index (κ3) is 2.03. The fourth-order valence-electron chi connectivity index (χ4n) is 2.58. The van der Waals surface area contributed by atoms with Crippen molar-refractivity contribution in [3.8, 4) is 11.8 Å². The number of benzene rings is 1. The van der Waals surface area contributed by atoms with E-state index < -0.39 is 11.4 Å². The second-order valence-electron chi connectivity index (χ2n) is 5.55. The highest BCUT2D eigenvalue weighted by Gasteiger charge is 2.35. The molecule has 102 valence electrons. The molecule has 20 heavy (non-hydrogen) atoms. The van der Waals surface area contributed by atoms with Gasteiger partial charge in [0.25, 0.3) is 0 Å². The van der Waals surface area contributed by atoms with E-state index >= 15 is 0 Å². The summed E-state index contributed by atoms with van der Waals surface area (Å²) >= 11 is 0. The number of nitriles is 1. The van der Waals surface area contributed by atoms with Crippen molar-refractivity contribution in [1.29, 1.82) is 5.26 Å². The van der Waals surface area contributed by atoms with Gasteiger partial charge >= 0.3 is 0 Å². The first-order valence-corrected chi connectivity index (χ1v) is 6.41. The maximum Gasteiger partial charge on any atom is 0.145 e. The van der Waals surface area contributed by atoms with E-state index in [1.54, 1.807) is 10.9 Å². The van der Waals surface area contributed by atoms with E-state index in [-0.39, 0.29) is 5.56 Å². The Morgan fingerprint density at radius 1 is 1.55 bits per heavy atom. The van der Waals surface area contributed by atoms with Crippen molar-refractivity contribution in [1.82, 2.24) is 9.78 Å². The molecule has 1 aromatic heterocycles. The largest absolute Gasteiger partial charge is 0.486 e. The van der Waals surface area contributed by atoms with Crippen LogP contribution in [-0.4, -0.2) is 15.4 Å². The summed E-state index contributed by atoms with van der Waals surface area (Å²) in [7, 11) is 0. The van der Waals surface area contributed by atoms with Crippen LogP contribution in [0, 0.1) is 17.1 Å². The molecule has 4 nitrogen and oxygen atoms in total. The maximum atomic E-state index is 14.1. The van der Waals surface area contributed by atoms with Gasteiger partial charge in [0.1, 0.15) is 28.8 Å². The molecule has 0 saturated carbocycles. The number of halogens is 1. The zero-order chi connectivity index (χ0) is 14.3. The van der Waals surface area contributed by atoms with Gasteiger partial charge in [0.2, 0.25) is 0 Å². The van der Waals surface area contributed by atoms with Crippen LogP contribution >= 0.6 is 0 Å². The normalized spacial score (nSPS) is 15.5. The van der Waals surface area contributed by atoms with Gasteiger partial charge in [-0.25, -0.2) is 4.39 Å². The zero-order valence-electron chi connectivity index (χ0n) is 11.4. The van der Waals surface area contributed by atoms with Crippen LogP contribution in [0.25, 0.3) is 0 Å². The highest BCUT2D eigenvalue weighted by Crippen LogP contribution is 2.40. The summed E-state index contributed by atoms with van der Waals surface area (Å²) in [5.41, 5.74) is 1.30. The number of hydrogen-bond donors (Lipinski definition) is 0. The lowest BCUT2D eigenvalue weighted by Crippen LogP contribution is -2.25. The van der Waals surface area contributed by atoms with Crippen LogP contribution in [0.3, 0.4) is 0 Å². The molecule has 0 N–H and O–H groups in total. The summed E-state index contributed by atoms with van der Waals surface area (Å²) in [5, 5.41) is 13.2. The van der Waals surface area contributed by atoms with Crippen LogP contribution in [0.1, 0.15) is 30.5 Å². The van der Waals surface area contributed by atoms with Gasteiger partial charge in [-0.15, -0.1) is 0 Å². The van der Waals surface area contributed by atoms with E-state index in [1.807, 2.05) is 32.2 Å². The average Bonchev–Trinajstić information content (AvgIpc) is 2.96. The highest BCUT2D eigenvalue weighted by molar-refractivity contribution is 5.56. The van der Waals surface area contributed by atoms with Gasteiger partial charge < -0.3 is 4.74 Å². The predicted molar refractivity (Wildman–Crippen MR) is 70.9 cm³/mol. The molecule has 0 unspecified atom stereocenters. The van der Waals surface area contributed by atoms with Gasteiger partial charge in [0.15, 0.2) is 0 Å². The Bertz CT molecular complexity index is 699. The third-order valence-electron chi connectivity index (χ3n) is 3.41. The first-order valence-electron chi connectivity index (χ1n) is 6.41. The fraction of sp³-hybridized carbons (Fsp3) is 0.333. The SMILES string of the molecule is CC1(C)Cc2c(Cn3cccn3)cc(F)c(C#N)c2O1. The van der Waals surface area contributed by atoms with E-state index in [2.05, 4.69) is 5.10 Å². The molecule has 0 bridgehead atoms. The Labute approximate surface area is 116 Å². The monoisotopic (exact) mass is 271 g/mol. The van der Waals surface area contributed by atoms with Crippen LogP contribution < -0.4 is 4.74 Å². The summed E-state index contributed by atoms with van der Waals surface area (Å²) in [6.45, 7) is 4.34. The molecular weight excluding hydrogens is 257 g/mol. The number of fused-ring (bicyclic) bond motifs is 1. The smallest absolute Gasteiger partial charge is 0.145 e. The van der Waals surface area contributed by atoms with Crippen molar-refractivity contribution in [3.63, 3.8) is 0 Å². The number of nitrogens with zero attached hydrogens (tertiary/aromatic N) is 3. The Hall–Kier alpha value is -2.35. The van der Waals surface area contributed by atoms with Crippen LogP contribution in [-0.2, 0) is 13.0 Å². The molecule has 2 heterocycles. The quantitative estimate of drug-likeness (QED) is 0.843. The lowest BCUT2D eigenvalue weighted by atomic mass is 9.95. The molecule has 2 aromatic rings. The maximum absolute atomic E-state index is 14.1. The molecular formula is C15H14FN3O. The molecule has 0 atom stereocenters. The van der Waals surface area contributed by atoms with Crippen LogP contribution in [0.5, 0.6) is 5.75 Å². The molecule has 0 amide bonds. The van der Waals surface area contributed by atoms with Crippen LogP contribution in [0.15, 0.2) is 24.5 Å². The topological polar surface area (TPSA) is 50.8 Å². The molecule has 0 fully saturated rings. The summed E-state index contributed by atoms with van der Waals surface area (Å²) in [6, 6.07) is 5.14. The van der Waals surface area contributed by atoms with Gasteiger partial charge in [-0.3, -0.25) is 4.68 Å². The summed E-state index contributed by atoms with van der Waals surface area (Å²) in [6.07, 6.45) is 4.16. The van der Waals surface area contributed by atoms with Gasteiger partial charge in [0, 0.05) is 24.4 Å². The van der Waals surface area contributed by atoms with Crippen LogP contribution in [0.4, 0.5) is 4.39 Å². The Balaban J connectivity index is 2.11. The van der Waals surface area contributed by atoms with Crippen molar-refractivity contribution in [2.45, 2.75) is 32.4 Å². The Morgan fingerprint density at radius 3 is 3.00 bits per heavy atom. The van der Waals surface area contributed by atoms with E-state index in [9.17, 15) is 4.39 Å². The first-order chi connectivity index (χ1) is 9.50. The lowest BCUT2D eigenvalue weighted by molar-refractivity contribution is 0.137. The molecule has 0 radical (unpaired) electrons. The molecule has 0 spiro atoms. The minimum absolute atomic E-state index is 0.00482. The minimum Gasteiger partial charge on any atom is -0.486 e. The van der Waals surface area contributed by atoms with Gasteiger partial charge in [0.05, 0.1) is 6.54 Å². The van der Waals surface area contributed by atoms with Crippen molar-refractivity contribution in [2.75, 3.05) is 0 Å². The van der Waals surface area contributed by atoms with E-state index in [0.717, 1.165) is 11.1 Å². The molecule has 0 aliphatic carbocycles. The number of hydrogen-bond acceptors (Lipinski definition) is 3. The molecule has 0 saturated heterocycles. The predicted octanol–water partition coefficient (Wildman–Crippen LogP) is 2.66. The van der Waals surface area contributed by atoms with Gasteiger partial charge in [-0.05, 0) is 31.5 Å². The van der Waals surface area contributed by atoms with Gasteiger partial charge in [-0.1, -0.05) is 0 Å². The van der Waals surface area contributed by atoms with Crippen molar-refractivity contribution in [3.05, 3.63) is 47.0 Å². The van der Waals surface area contributed by atoms with Gasteiger partial charge in [-0.2, -0.15) is 10.4 Å². The average molecular weight is 271 g/mol.